The van der Waals surface area contributed by atoms with Crippen LogP contribution in [0.15, 0.2) is 29.4 Å². The first-order valence-corrected chi connectivity index (χ1v) is 5.62. The lowest BCUT2D eigenvalue weighted by Gasteiger charge is -2.20. The number of hydroxylamine groups is 2. The highest BCUT2D eigenvalue weighted by molar-refractivity contribution is 6.19. The number of likely N-dealkylation sites (N-methyl/N-ethyl adjacent to an activating group) is 2. The molecule has 0 saturated carbocycles. The number of amides is 1. The average molecular weight is 251 g/mol. The molecule has 96 valence electrons. The molecule has 0 spiro atoms. The highest BCUT2D eigenvalue weighted by Crippen LogP contribution is 2.20. The Hall–Kier alpha value is -1.79. The predicted octanol–water partition coefficient (Wildman–Crippen LogP) is 1.08. The van der Waals surface area contributed by atoms with E-state index in [1.54, 1.807) is 19.1 Å². The van der Waals surface area contributed by atoms with Crippen molar-refractivity contribution < 1.29 is 14.4 Å². The van der Waals surface area contributed by atoms with Gasteiger partial charge in [-0.3, -0.25) is 4.79 Å². The molecule has 0 radical (unpaired) electrons. The zero-order chi connectivity index (χ0) is 13.3. The topological polar surface area (TPSA) is 56.1 Å². The maximum Gasteiger partial charge on any atom is 0.268 e. The van der Waals surface area contributed by atoms with Crippen LogP contribution in [0.5, 0.6) is 0 Å². The van der Waals surface area contributed by atoms with Gasteiger partial charge in [0.25, 0.3) is 5.91 Å². The fraction of sp³-hybridized carbons (Fsp3) is 0.333. The maximum absolute atomic E-state index is 13.7. The molecule has 0 aromatic heterocycles. The molecule has 2 rings (SSSR count). The lowest BCUT2D eigenvalue weighted by molar-refractivity contribution is -0.149. The maximum atomic E-state index is 13.7. The van der Waals surface area contributed by atoms with Crippen LogP contribution in [-0.4, -0.2) is 46.5 Å². The summed E-state index contributed by atoms with van der Waals surface area (Å²) in [6.07, 6.45) is 0. The Kier molecular flexibility index (Phi) is 3.40. The van der Waals surface area contributed by atoms with Crippen LogP contribution < -0.4 is 0 Å². The van der Waals surface area contributed by atoms with E-state index in [1.807, 2.05) is 0 Å². The smallest absolute Gasteiger partial charge is 0.268 e. The zero-order valence-electron chi connectivity index (χ0n) is 10.2. The molecule has 1 aliphatic heterocycles. The van der Waals surface area contributed by atoms with E-state index in [1.165, 1.54) is 19.2 Å². The predicted molar refractivity (Wildman–Crippen MR) is 63.7 cm³/mol. The molecule has 1 heterocycles. The first-order chi connectivity index (χ1) is 8.56. The molecular formula is C12H14FN3O2. The lowest BCUT2D eigenvalue weighted by atomic mass is 10.0. The SMILES string of the molecule is CCN(O)C1C(=O)N(C)N=C1c1ccccc1F. The molecule has 0 aliphatic carbocycles. The summed E-state index contributed by atoms with van der Waals surface area (Å²) in [5.41, 5.74) is 0.456. The lowest BCUT2D eigenvalue weighted by Crippen LogP contribution is -2.44. The Morgan fingerprint density at radius 2 is 2.17 bits per heavy atom. The van der Waals surface area contributed by atoms with Gasteiger partial charge in [-0.1, -0.05) is 25.1 Å². The van der Waals surface area contributed by atoms with Crippen molar-refractivity contribution in [3.05, 3.63) is 35.6 Å². The van der Waals surface area contributed by atoms with Crippen LogP contribution in [-0.2, 0) is 4.79 Å². The minimum atomic E-state index is -0.947. The minimum absolute atomic E-state index is 0.227. The van der Waals surface area contributed by atoms with Crippen molar-refractivity contribution in [2.75, 3.05) is 13.6 Å². The molecule has 0 fully saturated rings. The van der Waals surface area contributed by atoms with Crippen molar-refractivity contribution in [1.82, 2.24) is 10.1 Å². The van der Waals surface area contributed by atoms with E-state index < -0.39 is 11.9 Å². The van der Waals surface area contributed by atoms with E-state index in [0.717, 1.165) is 10.1 Å². The summed E-state index contributed by atoms with van der Waals surface area (Å²) in [4.78, 5) is 11.9. The Labute approximate surface area is 104 Å². The van der Waals surface area contributed by atoms with E-state index in [-0.39, 0.29) is 23.7 Å². The van der Waals surface area contributed by atoms with E-state index in [4.69, 9.17) is 0 Å². The van der Waals surface area contributed by atoms with Crippen molar-refractivity contribution in [2.45, 2.75) is 13.0 Å². The number of hydrogen-bond acceptors (Lipinski definition) is 4. The third kappa shape index (κ3) is 2.00. The van der Waals surface area contributed by atoms with Gasteiger partial charge in [0.15, 0.2) is 6.04 Å². The third-order valence-electron chi connectivity index (χ3n) is 2.84. The van der Waals surface area contributed by atoms with Gasteiger partial charge in [0, 0.05) is 19.2 Å². The van der Waals surface area contributed by atoms with Crippen LogP contribution >= 0.6 is 0 Å². The second-order valence-electron chi connectivity index (χ2n) is 3.99. The molecule has 1 aliphatic rings. The van der Waals surface area contributed by atoms with Gasteiger partial charge in [-0.05, 0) is 6.07 Å². The normalized spacial score (nSPS) is 19.6. The van der Waals surface area contributed by atoms with Gasteiger partial charge >= 0.3 is 0 Å². The van der Waals surface area contributed by atoms with Gasteiger partial charge in [0.2, 0.25) is 0 Å². The molecule has 0 bridgehead atoms. The third-order valence-corrected chi connectivity index (χ3v) is 2.84. The van der Waals surface area contributed by atoms with Gasteiger partial charge in [-0.2, -0.15) is 10.2 Å². The van der Waals surface area contributed by atoms with Gasteiger partial charge in [-0.25, -0.2) is 9.40 Å². The van der Waals surface area contributed by atoms with Crippen molar-refractivity contribution in [3.8, 4) is 0 Å². The van der Waals surface area contributed by atoms with Crippen LogP contribution in [0.1, 0.15) is 12.5 Å². The first-order valence-electron chi connectivity index (χ1n) is 5.62. The molecule has 1 aromatic rings. The summed E-state index contributed by atoms with van der Waals surface area (Å²) < 4.78 is 13.7. The van der Waals surface area contributed by atoms with E-state index >= 15 is 0 Å². The van der Waals surface area contributed by atoms with Gasteiger partial charge in [-0.15, -0.1) is 0 Å². The highest BCUT2D eigenvalue weighted by atomic mass is 19.1. The van der Waals surface area contributed by atoms with Crippen molar-refractivity contribution in [2.24, 2.45) is 5.10 Å². The molecular weight excluding hydrogens is 237 g/mol. The Morgan fingerprint density at radius 1 is 1.50 bits per heavy atom. The molecule has 1 amide bonds. The highest BCUT2D eigenvalue weighted by Gasteiger charge is 2.39. The first kappa shape index (κ1) is 12.7. The molecule has 5 nitrogen and oxygen atoms in total. The number of hydrogen-bond donors (Lipinski definition) is 1. The molecule has 6 heteroatoms. The molecule has 1 N–H and O–H groups in total. The number of carbonyl (C=O) groups is 1. The number of rotatable bonds is 3. The summed E-state index contributed by atoms with van der Waals surface area (Å²) in [6, 6.07) is 5.11. The van der Waals surface area contributed by atoms with Crippen molar-refractivity contribution >= 4 is 11.6 Å². The number of carbonyl (C=O) groups excluding carboxylic acids is 1. The van der Waals surface area contributed by atoms with Crippen LogP contribution in [0.4, 0.5) is 4.39 Å². The number of hydrazone groups is 1. The van der Waals surface area contributed by atoms with Crippen LogP contribution in [0, 0.1) is 5.82 Å². The Bertz CT molecular complexity index is 504. The van der Waals surface area contributed by atoms with Crippen LogP contribution in [0.25, 0.3) is 0 Å². The van der Waals surface area contributed by atoms with Crippen molar-refractivity contribution in [1.29, 1.82) is 0 Å². The Morgan fingerprint density at radius 3 is 2.78 bits per heavy atom. The standard InChI is InChI=1S/C12H14FN3O2/c1-3-16(18)11-10(14-15(2)12(11)17)8-6-4-5-7-9(8)13/h4-7,11,18H,3H2,1-2H3. The minimum Gasteiger partial charge on any atom is -0.313 e. The van der Waals surface area contributed by atoms with Gasteiger partial charge < -0.3 is 5.21 Å². The molecule has 18 heavy (non-hydrogen) atoms. The van der Waals surface area contributed by atoms with E-state index in [2.05, 4.69) is 5.10 Å². The summed E-state index contributed by atoms with van der Waals surface area (Å²) >= 11 is 0. The van der Waals surface area contributed by atoms with Gasteiger partial charge in [0.1, 0.15) is 11.5 Å². The summed E-state index contributed by atoms with van der Waals surface area (Å²) in [5, 5.41) is 15.7. The molecule has 0 saturated heterocycles. The Balaban J connectivity index is 2.45. The summed E-state index contributed by atoms with van der Waals surface area (Å²) in [5.74, 6) is -0.841. The van der Waals surface area contributed by atoms with E-state index in [0.29, 0.717) is 0 Å². The quantitative estimate of drug-likeness (QED) is 0.818. The van der Waals surface area contributed by atoms with Crippen molar-refractivity contribution in [3.63, 3.8) is 0 Å². The summed E-state index contributed by atoms with van der Waals surface area (Å²) in [6.45, 7) is 1.95. The molecule has 1 unspecified atom stereocenters. The number of benzene rings is 1. The number of halogens is 1. The second-order valence-corrected chi connectivity index (χ2v) is 3.99. The van der Waals surface area contributed by atoms with E-state index in [9.17, 15) is 14.4 Å². The fourth-order valence-corrected chi connectivity index (χ4v) is 1.88. The van der Waals surface area contributed by atoms with Crippen LogP contribution in [0.2, 0.25) is 0 Å². The monoisotopic (exact) mass is 251 g/mol. The second kappa shape index (κ2) is 4.83. The average Bonchev–Trinajstić information content (AvgIpc) is 2.65. The summed E-state index contributed by atoms with van der Waals surface area (Å²) in [7, 11) is 1.48. The van der Waals surface area contributed by atoms with Crippen LogP contribution in [0.3, 0.4) is 0 Å². The largest absolute Gasteiger partial charge is 0.313 e. The zero-order valence-corrected chi connectivity index (χ0v) is 10.2. The number of nitrogens with zero attached hydrogens (tertiary/aromatic N) is 3. The molecule has 1 atom stereocenters. The molecule has 1 aromatic carbocycles. The fourth-order valence-electron chi connectivity index (χ4n) is 1.88. The van der Waals surface area contributed by atoms with Gasteiger partial charge in [0.05, 0.1) is 0 Å².